The fraction of sp³-hybridized carbons (Fsp3) is 1.00. The molecule has 0 radical (unpaired) electrons. The van der Waals surface area contributed by atoms with Crippen LogP contribution < -0.4 is 4.98 Å². The molecule has 14 heavy (non-hydrogen) atoms. The van der Waals surface area contributed by atoms with E-state index < -0.39 is 8.24 Å². The number of nitrogens with one attached hydrogen (secondary N) is 1. The van der Waals surface area contributed by atoms with Crippen LogP contribution >= 0.6 is 0 Å². The van der Waals surface area contributed by atoms with E-state index in [9.17, 15) is 0 Å². The Morgan fingerprint density at radius 3 is 1.14 bits per heavy atom. The number of hydrogen-bond acceptors (Lipinski definition) is 1. The lowest BCUT2D eigenvalue weighted by molar-refractivity contribution is 0.564. The van der Waals surface area contributed by atoms with Crippen molar-refractivity contribution < 1.29 is 0 Å². The quantitative estimate of drug-likeness (QED) is 0.682. The predicted octanol–water partition coefficient (Wildman–Crippen LogP) is 4.16. The zero-order valence-electron chi connectivity index (χ0n) is 11.6. The molecule has 0 aliphatic carbocycles. The zero-order chi connectivity index (χ0) is 11.8. The Morgan fingerprint density at radius 1 is 0.857 bits per heavy atom. The summed E-state index contributed by atoms with van der Waals surface area (Å²) in [6, 6.07) is 0. The molecular weight excluding hydrogens is 186 g/mol. The monoisotopic (exact) mass is 215 g/mol. The van der Waals surface area contributed by atoms with Gasteiger partial charge in [0, 0.05) is 0 Å². The summed E-state index contributed by atoms with van der Waals surface area (Å²) < 4.78 is 0. The molecular formula is C12H29NSi. The minimum absolute atomic E-state index is 0.397. The molecule has 1 N–H and O–H groups in total. The van der Waals surface area contributed by atoms with Gasteiger partial charge in [-0.15, -0.1) is 0 Å². The van der Waals surface area contributed by atoms with Crippen LogP contribution in [-0.4, -0.2) is 15.3 Å². The average Bonchev–Trinajstić information content (AvgIpc) is 1.80. The molecule has 0 aliphatic heterocycles. The number of rotatable bonds is 2. The van der Waals surface area contributed by atoms with Crippen molar-refractivity contribution in [3.05, 3.63) is 0 Å². The van der Waals surface area contributed by atoms with E-state index in [0.29, 0.717) is 10.1 Å². The van der Waals surface area contributed by atoms with E-state index in [1.165, 1.54) is 0 Å². The molecule has 0 aliphatic rings. The average molecular weight is 215 g/mol. The van der Waals surface area contributed by atoms with Crippen molar-refractivity contribution in [2.75, 3.05) is 7.05 Å². The van der Waals surface area contributed by atoms with Crippen molar-refractivity contribution in [2.24, 2.45) is 0 Å². The van der Waals surface area contributed by atoms with Gasteiger partial charge in [0.05, 0.1) is 0 Å². The lowest BCUT2D eigenvalue weighted by Crippen LogP contribution is -2.64. The van der Waals surface area contributed by atoms with Crippen LogP contribution in [-0.2, 0) is 0 Å². The zero-order valence-corrected chi connectivity index (χ0v) is 12.6. The van der Waals surface area contributed by atoms with Gasteiger partial charge in [-0.05, 0) is 22.7 Å². The Balaban J connectivity index is 5.45. The van der Waals surface area contributed by atoms with Gasteiger partial charge in [0.1, 0.15) is 8.24 Å². The summed E-state index contributed by atoms with van der Waals surface area (Å²) in [5, 5.41) is 0.794. The van der Waals surface area contributed by atoms with Gasteiger partial charge in [-0.3, -0.25) is 0 Å². The summed E-state index contributed by atoms with van der Waals surface area (Å²) in [4.78, 5) is 3.73. The third-order valence-electron chi connectivity index (χ3n) is 3.63. The molecule has 0 rings (SSSR count). The highest BCUT2D eigenvalue weighted by molar-refractivity contribution is 6.84. The van der Waals surface area contributed by atoms with Gasteiger partial charge in [0.25, 0.3) is 0 Å². The molecule has 0 saturated heterocycles. The van der Waals surface area contributed by atoms with E-state index >= 15 is 0 Å². The maximum absolute atomic E-state index is 3.73. The Morgan fingerprint density at radius 2 is 1.14 bits per heavy atom. The lowest BCUT2D eigenvalue weighted by atomic mass is 10.2. The van der Waals surface area contributed by atoms with E-state index in [4.69, 9.17) is 0 Å². The van der Waals surface area contributed by atoms with Crippen LogP contribution in [0, 0.1) is 0 Å². The topological polar surface area (TPSA) is 12.0 Å². The predicted molar refractivity (Wildman–Crippen MR) is 69.3 cm³/mol. The fourth-order valence-corrected chi connectivity index (χ4v) is 11.7. The summed E-state index contributed by atoms with van der Waals surface area (Å²) in [6.45, 7) is 19.1. The Kier molecular flexibility index (Phi) is 4.02. The molecule has 0 amide bonds. The molecule has 0 unspecified atom stereocenters. The Labute approximate surface area is 91.8 Å². The van der Waals surface area contributed by atoms with Crippen molar-refractivity contribution in [3.63, 3.8) is 0 Å². The SMILES string of the molecule is CN[Si](C(C)C)(C(C)(C)C)C(C)(C)C. The Bertz CT molecular complexity index is 169. The van der Waals surface area contributed by atoms with Gasteiger partial charge in [-0.1, -0.05) is 55.4 Å². The van der Waals surface area contributed by atoms with Crippen LogP contribution in [0.25, 0.3) is 0 Å². The molecule has 0 aromatic rings. The summed E-state index contributed by atoms with van der Waals surface area (Å²) in [5.74, 6) is 0. The molecule has 86 valence electrons. The van der Waals surface area contributed by atoms with Crippen molar-refractivity contribution in [1.29, 1.82) is 0 Å². The van der Waals surface area contributed by atoms with Crippen molar-refractivity contribution in [2.45, 2.75) is 71.0 Å². The van der Waals surface area contributed by atoms with Crippen molar-refractivity contribution in [3.8, 4) is 0 Å². The molecule has 0 aromatic heterocycles. The first-order valence-corrected chi connectivity index (χ1v) is 7.77. The molecule has 0 fully saturated rings. The second-order valence-corrected chi connectivity index (χ2v) is 13.0. The van der Waals surface area contributed by atoms with Crippen molar-refractivity contribution >= 4 is 8.24 Å². The van der Waals surface area contributed by atoms with E-state index in [1.807, 2.05) is 0 Å². The van der Waals surface area contributed by atoms with Crippen molar-refractivity contribution in [1.82, 2.24) is 4.98 Å². The third kappa shape index (κ3) is 2.06. The first kappa shape index (κ1) is 14.2. The molecule has 0 heterocycles. The summed E-state index contributed by atoms with van der Waals surface area (Å²) in [7, 11) is 0.655. The highest BCUT2D eigenvalue weighted by Crippen LogP contribution is 2.54. The smallest absolute Gasteiger partial charge is 0.138 e. The molecule has 0 saturated carbocycles. The van der Waals surface area contributed by atoms with Crippen LogP contribution in [0.2, 0.25) is 15.6 Å². The van der Waals surface area contributed by atoms with Gasteiger partial charge in [0.2, 0.25) is 0 Å². The lowest BCUT2D eigenvalue weighted by Gasteiger charge is -2.54. The van der Waals surface area contributed by atoms with Crippen LogP contribution in [0.4, 0.5) is 0 Å². The summed E-state index contributed by atoms with van der Waals surface area (Å²) >= 11 is 0. The summed E-state index contributed by atoms with van der Waals surface area (Å²) in [5.41, 5.74) is 0.757. The van der Waals surface area contributed by atoms with E-state index in [1.54, 1.807) is 0 Å². The van der Waals surface area contributed by atoms with E-state index in [2.05, 4.69) is 67.4 Å². The maximum Gasteiger partial charge on any atom is 0.138 e. The first-order chi connectivity index (χ1) is 6.00. The normalized spacial score (nSPS) is 15.0. The fourth-order valence-electron chi connectivity index (χ4n) is 3.90. The minimum atomic E-state index is -1.50. The van der Waals surface area contributed by atoms with Gasteiger partial charge in [-0.2, -0.15) is 0 Å². The highest BCUT2D eigenvalue weighted by atomic mass is 28.3. The van der Waals surface area contributed by atoms with Crippen LogP contribution in [0.1, 0.15) is 55.4 Å². The minimum Gasteiger partial charge on any atom is -0.339 e. The standard InChI is InChI=1S/C12H29NSi/c1-10(2)14(13-9,11(3,4)5)12(6,7)8/h10,13H,1-9H3. The van der Waals surface area contributed by atoms with Crippen LogP contribution in [0.15, 0.2) is 0 Å². The maximum atomic E-state index is 3.73. The van der Waals surface area contributed by atoms with Gasteiger partial charge in [0.15, 0.2) is 0 Å². The molecule has 0 bridgehead atoms. The summed E-state index contributed by atoms with van der Waals surface area (Å²) in [6.07, 6.45) is 0. The first-order valence-electron chi connectivity index (χ1n) is 5.69. The molecule has 1 nitrogen and oxygen atoms in total. The number of hydrogen-bond donors (Lipinski definition) is 1. The third-order valence-corrected chi connectivity index (χ3v) is 10.9. The largest absolute Gasteiger partial charge is 0.339 e. The Hall–Kier alpha value is 0.177. The second kappa shape index (κ2) is 3.97. The molecule has 0 spiro atoms. The highest BCUT2D eigenvalue weighted by Gasteiger charge is 2.54. The molecule has 0 aromatic carbocycles. The van der Waals surface area contributed by atoms with E-state index in [-0.39, 0.29) is 0 Å². The van der Waals surface area contributed by atoms with Gasteiger partial charge >= 0.3 is 0 Å². The molecule has 2 heteroatoms. The second-order valence-electron chi connectivity index (χ2n) is 6.71. The van der Waals surface area contributed by atoms with Crippen LogP contribution in [0.5, 0.6) is 0 Å². The van der Waals surface area contributed by atoms with Gasteiger partial charge in [-0.25, -0.2) is 0 Å². The van der Waals surface area contributed by atoms with Gasteiger partial charge < -0.3 is 4.98 Å². The van der Waals surface area contributed by atoms with Crippen LogP contribution in [0.3, 0.4) is 0 Å². The van der Waals surface area contributed by atoms with E-state index in [0.717, 1.165) is 5.54 Å². The molecule has 0 atom stereocenters.